The minimum absolute atomic E-state index is 0.414. The molecule has 0 bridgehead atoms. The van der Waals surface area contributed by atoms with Gasteiger partial charge in [-0.2, -0.15) is 18.3 Å². The molecule has 1 amide bonds. The number of likely N-dealkylation sites (N-methyl/N-ethyl adjacent to an activating group) is 1. The number of carbonyl (C=O) groups excluding carboxylic acids is 2. The highest BCUT2D eigenvalue weighted by Gasteiger charge is 2.44. The highest BCUT2D eigenvalue weighted by atomic mass is 19.4. The van der Waals surface area contributed by atoms with Crippen LogP contribution < -0.4 is 5.43 Å². The Morgan fingerprint density at radius 3 is 2.54 bits per heavy atom. The number of hydrogen-bond donors (Lipinski definition) is 2. The van der Waals surface area contributed by atoms with Gasteiger partial charge in [0.15, 0.2) is 11.4 Å². The molecule has 2 atom stereocenters. The predicted octanol–water partition coefficient (Wildman–Crippen LogP) is 3.48. The van der Waals surface area contributed by atoms with Gasteiger partial charge in [-0.25, -0.2) is 9.18 Å². The summed E-state index contributed by atoms with van der Waals surface area (Å²) in [5.74, 6) is -5.97. The second kappa shape index (κ2) is 10.6. The Labute approximate surface area is 218 Å². The molecule has 2 heterocycles. The van der Waals surface area contributed by atoms with Crippen molar-refractivity contribution in [2.45, 2.75) is 18.2 Å². The molecule has 2 N–H and O–H groups in total. The molecule has 0 aliphatic carbocycles. The van der Waals surface area contributed by atoms with E-state index < -0.39 is 59.3 Å². The van der Waals surface area contributed by atoms with E-state index in [0.717, 1.165) is 11.1 Å². The van der Waals surface area contributed by atoms with Gasteiger partial charge in [-0.3, -0.25) is 14.7 Å². The van der Waals surface area contributed by atoms with Crippen molar-refractivity contribution in [3.63, 3.8) is 0 Å². The number of carbonyl (C=O) groups is 2. The summed E-state index contributed by atoms with van der Waals surface area (Å²) in [6.07, 6.45) is -4.62. The van der Waals surface area contributed by atoms with Gasteiger partial charge in [-0.1, -0.05) is 30.3 Å². The number of benzene rings is 2. The number of fused-ring (bicyclic) bond motifs is 1. The molecule has 0 radical (unpaired) electrons. The van der Waals surface area contributed by atoms with Gasteiger partial charge in [0.25, 0.3) is 5.91 Å². The third-order valence-electron chi connectivity index (χ3n) is 6.18. The van der Waals surface area contributed by atoms with Crippen molar-refractivity contribution in [3.05, 3.63) is 93.8 Å². The number of rotatable bonds is 7. The molecule has 0 saturated carbocycles. The SMILES string of the molecule is CN(CC(OC(=O)C(F)(F)F)C(c1ccccc1)c1cn(C)c2cc(F)ccc12)C(=O)c1[nH]ncc(=O)c1O. The van der Waals surface area contributed by atoms with Crippen LogP contribution in [0.4, 0.5) is 17.6 Å². The normalized spacial score (nSPS) is 13.2. The summed E-state index contributed by atoms with van der Waals surface area (Å²) in [6.45, 7) is -0.589. The van der Waals surface area contributed by atoms with Crippen LogP contribution in [0.25, 0.3) is 10.9 Å². The number of aromatic amines is 1. The van der Waals surface area contributed by atoms with Crippen molar-refractivity contribution in [1.82, 2.24) is 19.7 Å². The lowest BCUT2D eigenvalue weighted by Gasteiger charge is -2.31. The van der Waals surface area contributed by atoms with Crippen molar-refractivity contribution in [3.8, 4) is 5.75 Å². The Morgan fingerprint density at radius 2 is 1.87 bits per heavy atom. The number of hydrogen-bond acceptors (Lipinski definition) is 6. The molecule has 2 aromatic heterocycles. The summed E-state index contributed by atoms with van der Waals surface area (Å²) >= 11 is 0. The first kappa shape index (κ1) is 27.4. The minimum atomic E-state index is -5.34. The van der Waals surface area contributed by atoms with Crippen LogP contribution in [-0.2, 0) is 16.6 Å². The van der Waals surface area contributed by atoms with E-state index in [-0.39, 0.29) is 0 Å². The van der Waals surface area contributed by atoms with E-state index in [1.165, 1.54) is 25.2 Å². The number of H-pyrrole nitrogens is 1. The largest absolute Gasteiger partial charge is 0.502 e. The molecule has 0 spiro atoms. The number of nitrogens with one attached hydrogen (secondary N) is 1. The van der Waals surface area contributed by atoms with Crippen molar-refractivity contribution >= 4 is 22.8 Å². The molecule has 0 saturated heterocycles. The Bertz CT molecular complexity index is 1580. The first-order chi connectivity index (χ1) is 18.4. The van der Waals surface area contributed by atoms with Crippen LogP contribution in [0.3, 0.4) is 0 Å². The van der Waals surface area contributed by atoms with Gasteiger partial charge in [0.05, 0.1) is 18.3 Å². The molecular formula is C26H22F4N4O5. The van der Waals surface area contributed by atoms with Crippen molar-refractivity contribution in [2.75, 3.05) is 13.6 Å². The molecule has 4 aromatic rings. The number of halogens is 4. The van der Waals surface area contributed by atoms with Crippen LogP contribution in [0.2, 0.25) is 0 Å². The van der Waals surface area contributed by atoms with Gasteiger partial charge >= 0.3 is 12.1 Å². The molecule has 39 heavy (non-hydrogen) atoms. The van der Waals surface area contributed by atoms with E-state index in [1.54, 1.807) is 48.1 Å². The quantitative estimate of drug-likeness (QED) is 0.271. The summed E-state index contributed by atoms with van der Waals surface area (Å²) in [5.41, 5.74) is -0.238. The lowest BCUT2D eigenvalue weighted by Crippen LogP contribution is -2.42. The van der Waals surface area contributed by atoms with E-state index >= 15 is 0 Å². The Hall–Kier alpha value is -4.68. The lowest BCUT2D eigenvalue weighted by atomic mass is 9.86. The second-order valence-corrected chi connectivity index (χ2v) is 8.83. The Kier molecular flexibility index (Phi) is 7.43. The van der Waals surface area contributed by atoms with Gasteiger partial charge in [0, 0.05) is 31.6 Å². The number of ether oxygens (including phenoxy) is 1. The number of esters is 1. The van der Waals surface area contributed by atoms with Crippen LogP contribution >= 0.6 is 0 Å². The minimum Gasteiger partial charge on any atom is -0.502 e. The van der Waals surface area contributed by atoms with Crippen LogP contribution in [0.15, 0.2) is 65.7 Å². The number of aryl methyl sites for hydroxylation is 1. The standard InChI is InChI=1S/C26H22F4N4O5/c1-33-12-17(16-9-8-15(27)10-18(16)33)21(14-6-4-3-5-7-14)20(39-25(38)26(28,29)30)13-34(2)24(37)22-23(36)19(35)11-31-32-22/h3-12,20-21H,13H2,1-2H3,(H,31,36)(H,32,35). The fraction of sp³-hybridized carbons (Fsp3) is 0.231. The zero-order valence-corrected chi connectivity index (χ0v) is 20.6. The zero-order valence-electron chi connectivity index (χ0n) is 20.6. The molecular weight excluding hydrogens is 524 g/mol. The molecule has 2 unspecified atom stereocenters. The van der Waals surface area contributed by atoms with Crippen LogP contribution in [0, 0.1) is 5.82 Å². The van der Waals surface area contributed by atoms with Crippen molar-refractivity contribution < 1.29 is 37.0 Å². The summed E-state index contributed by atoms with van der Waals surface area (Å²) < 4.78 is 60.6. The van der Waals surface area contributed by atoms with Crippen molar-refractivity contribution in [2.24, 2.45) is 7.05 Å². The first-order valence-electron chi connectivity index (χ1n) is 11.5. The number of alkyl halides is 3. The molecule has 204 valence electrons. The van der Waals surface area contributed by atoms with E-state index in [0.29, 0.717) is 22.0 Å². The summed E-state index contributed by atoms with van der Waals surface area (Å²) in [5, 5.41) is 16.2. The predicted molar refractivity (Wildman–Crippen MR) is 131 cm³/mol. The molecule has 0 aliphatic rings. The average molecular weight is 546 g/mol. The molecule has 2 aromatic carbocycles. The van der Waals surface area contributed by atoms with Gasteiger partial charge in [0.2, 0.25) is 5.43 Å². The van der Waals surface area contributed by atoms with E-state index in [4.69, 9.17) is 4.74 Å². The van der Waals surface area contributed by atoms with E-state index in [1.807, 2.05) is 0 Å². The van der Waals surface area contributed by atoms with Gasteiger partial charge in [0.1, 0.15) is 11.9 Å². The number of nitrogens with zero attached hydrogens (tertiary/aromatic N) is 3. The van der Waals surface area contributed by atoms with Crippen molar-refractivity contribution in [1.29, 1.82) is 0 Å². The number of aromatic hydroxyl groups is 1. The second-order valence-electron chi connectivity index (χ2n) is 8.83. The monoisotopic (exact) mass is 546 g/mol. The third kappa shape index (κ3) is 5.61. The highest BCUT2D eigenvalue weighted by molar-refractivity contribution is 5.94. The third-order valence-corrected chi connectivity index (χ3v) is 6.18. The highest BCUT2D eigenvalue weighted by Crippen LogP contribution is 2.37. The molecule has 13 heteroatoms. The van der Waals surface area contributed by atoms with Gasteiger partial charge in [-0.15, -0.1) is 0 Å². The molecule has 0 fully saturated rings. The number of aromatic nitrogens is 3. The van der Waals surface area contributed by atoms with Gasteiger partial charge in [-0.05, 0) is 29.3 Å². The maximum Gasteiger partial charge on any atom is 0.490 e. The zero-order chi connectivity index (χ0) is 28.5. The van der Waals surface area contributed by atoms with E-state index in [9.17, 15) is 37.1 Å². The average Bonchev–Trinajstić information content (AvgIpc) is 3.20. The van der Waals surface area contributed by atoms with Crippen LogP contribution in [-0.4, -0.2) is 62.5 Å². The van der Waals surface area contributed by atoms with Gasteiger partial charge < -0.3 is 19.3 Å². The summed E-state index contributed by atoms with van der Waals surface area (Å²) in [6, 6.07) is 12.1. The summed E-state index contributed by atoms with van der Waals surface area (Å²) in [7, 11) is 2.82. The smallest absolute Gasteiger partial charge is 0.490 e. The molecule has 9 nitrogen and oxygen atoms in total. The lowest BCUT2D eigenvalue weighted by molar-refractivity contribution is -0.205. The Balaban J connectivity index is 1.84. The van der Waals surface area contributed by atoms with Crippen LogP contribution in [0.1, 0.15) is 27.5 Å². The first-order valence-corrected chi connectivity index (χ1v) is 11.5. The maximum atomic E-state index is 14.0. The van der Waals surface area contributed by atoms with E-state index in [2.05, 4.69) is 10.2 Å². The molecule has 4 rings (SSSR count). The Morgan fingerprint density at radius 1 is 1.18 bits per heavy atom. The fourth-order valence-corrected chi connectivity index (χ4v) is 4.39. The number of amides is 1. The fourth-order valence-electron chi connectivity index (χ4n) is 4.39. The molecule has 0 aliphatic heterocycles. The maximum absolute atomic E-state index is 14.0. The summed E-state index contributed by atoms with van der Waals surface area (Å²) in [4.78, 5) is 37.7. The topological polar surface area (TPSA) is 118 Å². The van der Waals surface area contributed by atoms with Crippen LogP contribution in [0.5, 0.6) is 5.75 Å².